The van der Waals surface area contributed by atoms with Crippen LogP contribution in [0.3, 0.4) is 0 Å². The molecule has 2 aliphatic rings. The maximum Gasteiger partial charge on any atom is 0.273 e. The Morgan fingerprint density at radius 2 is 1.64 bits per heavy atom. The van der Waals surface area contributed by atoms with Gasteiger partial charge in [0.2, 0.25) is 0 Å². The van der Waals surface area contributed by atoms with Crippen molar-refractivity contribution in [2.75, 3.05) is 33.9 Å². The van der Waals surface area contributed by atoms with Crippen LogP contribution in [-0.2, 0) is 13.0 Å². The number of amides is 2. The van der Waals surface area contributed by atoms with Crippen molar-refractivity contribution >= 4 is 34.5 Å². The van der Waals surface area contributed by atoms with Gasteiger partial charge in [-0.25, -0.2) is 9.97 Å². The number of likely N-dealkylation sites (tertiary alicyclic amines) is 1. The number of carbonyl (C=O) groups is 2. The molecule has 0 spiro atoms. The van der Waals surface area contributed by atoms with Gasteiger partial charge in [0.15, 0.2) is 11.5 Å². The van der Waals surface area contributed by atoms with Gasteiger partial charge in [-0.15, -0.1) is 22.7 Å². The number of rotatable bonds is 5. The molecule has 0 saturated carbocycles. The van der Waals surface area contributed by atoms with Crippen molar-refractivity contribution in [1.29, 1.82) is 0 Å². The van der Waals surface area contributed by atoms with Crippen molar-refractivity contribution in [2.24, 2.45) is 0 Å². The Hall–Kier alpha value is -2.98. The van der Waals surface area contributed by atoms with Crippen LogP contribution in [-0.4, -0.2) is 65.4 Å². The molecular weight excluding hydrogens is 496 g/mol. The van der Waals surface area contributed by atoms with Crippen molar-refractivity contribution in [3.63, 3.8) is 0 Å². The lowest BCUT2D eigenvalue weighted by Gasteiger charge is -2.31. The molecule has 0 aliphatic carbocycles. The number of nitrogens with zero attached hydrogens (tertiary/aromatic N) is 4. The van der Waals surface area contributed by atoms with Crippen LogP contribution in [0.15, 0.2) is 17.5 Å². The average Bonchev–Trinajstić information content (AvgIpc) is 3.53. The van der Waals surface area contributed by atoms with Gasteiger partial charge in [0.1, 0.15) is 10.6 Å². The number of hydrogen-bond donors (Lipinski definition) is 0. The first-order valence-corrected chi connectivity index (χ1v) is 13.8. The molecule has 2 aliphatic heterocycles. The number of fused-ring (bicyclic) bond motifs is 1. The second-order valence-electron chi connectivity index (χ2n) is 9.24. The first kappa shape index (κ1) is 24.7. The lowest BCUT2D eigenvalue weighted by Crippen LogP contribution is -2.38. The fourth-order valence-corrected chi connectivity index (χ4v) is 6.85. The highest BCUT2D eigenvalue weighted by atomic mass is 32.1. The predicted octanol–water partition coefficient (Wildman–Crippen LogP) is 4.45. The lowest BCUT2D eigenvalue weighted by molar-refractivity contribution is 0.0716. The summed E-state index contributed by atoms with van der Waals surface area (Å²) in [4.78, 5) is 39.9. The highest BCUT2D eigenvalue weighted by Gasteiger charge is 2.30. The number of aryl methyl sites for hydroxylation is 2. The molecule has 10 heteroatoms. The monoisotopic (exact) mass is 526 g/mol. The van der Waals surface area contributed by atoms with Gasteiger partial charge in [-0.1, -0.05) is 0 Å². The van der Waals surface area contributed by atoms with E-state index in [0.717, 1.165) is 45.4 Å². The summed E-state index contributed by atoms with van der Waals surface area (Å²) in [7, 11) is 3.25. The van der Waals surface area contributed by atoms with Crippen LogP contribution in [0.2, 0.25) is 0 Å². The van der Waals surface area contributed by atoms with Crippen LogP contribution >= 0.6 is 22.7 Å². The Labute approximate surface area is 218 Å². The molecule has 36 heavy (non-hydrogen) atoms. The molecule has 0 radical (unpaired) electrons. The minimum Gasteiger partial charge on any atom is -0.493 e. The average molecular weight is 527 g/mol. The van der Waals surface area contributed by atoms with E-state index in [-0.39, 0.29) is 17.7 Å². The Balaban J connectivity index is 1.22. The lowest BCUT2D eigenvalue weighted by atomic mass is 9.97. The highest BCUT2D eigenvalue weighted by molar-refractivity contribution is 7.13. The van der Waals surface area contributed by atoms with E-state index in [2.05, 4.69) is 4.98 Å². The van der Waals surface area contributed by atoms with Crippen molar-refractivity contribution in [1.82, 2.24) is 19.8 Å². The summed E-state index contributed by atoms with van der Waals surface area (Å²) < 4.78 is 10.9. The minimum absolute atomic E-state index is 0.0402. The van der Waals surface area contributed by atoms with Gasteiger partial charge < -0.3 is 19.3 Å². The van der Waals surface area contributed by atoms with E-state index in [1.807, 2.05) is 41.2 Å². The largest absolute Gasteiger partial charge is 0.493 e. The van der Waals surface area contributed by atoms with E-state index in [1.165, 1.54) is 16.9 Å². The molecule has 0 N–H and O–H groups in total. The second kappa shape index (κ2) is 10.2. The molecule has 1 fully saturated rings. The van der Waals surface area contributed by atoms with E-state index < -0.39 is 0 Å². The van der Waals surface area contributed by atoms with Gasteiger partial charge in [0, 0.05) is 37.5 Å². The zero-order valence-electron chi connectivity index (χ0n) is 21.0. The number of carbonyl (C=O) groups excluding carboxylic acids is 2. The smallest absolute Gasteiger partial charge is 0.273 e. The molecule has 2 aromatic heterocycles. The minimum atomic E-state index is -0.0402. The Bertz CT molecular complexity index is 1290. The Morgan fingerprint density at radius 3 is 2.28 bits per heavy atom. The standard InChI is InChI=1S/C26H30N4O4S2/c1-15-23(36-16(2)27-15)26(32)29-8-5-17(6-9-29)24-28-20(14-35-24)25(31)30-10-7-18-11-21(33-3)22(34-4)12-19(18)13-30/h11-12,14,17H,5-10,13H2,1-4H3. The van der Waals surface area contributed by atoms with E-state index >= 15 is 0 Å². The van der Waals surface area contributed by atoms with Gasteiger partial charge in [-0.05, 0) is 56.4 Å². The van der Waals surface area contributed by atoms with Gasteiger partial charge in [-0.3, -0.25) is 9.59 Å². The first-order chi connectivity index (χ1) is 17.4. The maximum absolute atomic E-state index is 13.3. The third-order valence-electron chi connectivity index (χ3n) is 6.98. The summed E-state index contributed by atoms with van der Waals surface area (Å²) in [5.41, 5.74) is 3.57. The summed E-state index contributed by atoms with van der Waals surface area (Å²) in [6.07, 6.45) is 2.47. The van der Waals surface area contributed by atoms with Gasteiger partial charge in [-0.2, -0.15) is 0 Å². The van der Waals surface area contributed by atoms with Crippen LogP contribution in [0.25, 0.3) is 0 Å². The summed E-state index contributed by atoms with van der Waals surface area (Å²) in [5, 5.41) is 3.78. The van der Waals surface area contributed by atoms with Gasteiger partial charge >= 0.3 is 0 Å². The van der Waals surface area contributed by atoms with Crippen molar-refractivity contribution in [3.8, 4) is 11.5 Å². The van der Waals surface area contributed by atoms with Crippen LogP contribution in [0, 0.1) is 13.8 Å². The number of thiazole rings is 2. The molecule has 0 atom stereocenters. The van der Waals surface area contributed by atoms with Gasteiger partial charge in [0.05, 0.1) is 29.9 Å². The van der Waals surface area contributed by atoms with Crippen LogP contribution < -0.4 is 9.47 Å². The van der Waals surface area contributed by atoms with Crippen molar-refractivity contribution in [3.05, 3.63) is 54.9 Å². The van der Waals surface area contributed by atoms with Crippen molar-refractivity contribution in [2.45, 2.75) is 45.6 Å². The summed E-state index contributed by atoms with van der Waals surface area (Å²) in [6, 6.07) is 3.97. The van der Waals surface area contributed by atoms with Crippen molar-refractivity contribution < 1.29 is 19.1 Å². The number of hydrogen-bond acceptors (Lipinski definition) is 8. The molecule has 1 saturated heterocycles. The number of ether oxygens (including phenoxy) is 2. The van der Waals surface area contributed by atoms with E-state index in [9.17, 15) is 9.59 Å². The van der Waals surface area contributed by atoms with Gasteiger partial charge in [0.25, 0.3) is 11.8 Å². The quantitative estimate of drug-likeness (QED) is 0.488. The fraction of sp³-hybridized carbons (Fsp3) is 0.462. The highest BCUT2D eigenvalue weighted by Crippen LogP contribution is 2.35. The number of methoxy groups -OCH3 is 2. The van der Waals surface area contributed by atoms with Crippen LogP contribution in [0.5, 0.6) is 11.5 Å². The molecule has 0 unspecified atom stereocenters. The SMILES string of the molecule is COc1cc2c(cc1OC)CN(C(=O)c1csc(C3CCN(C(=O)c4sc(C)nc4C)CC3)n1)CC2. The topological polar surface area (TPSA) is 84.9 Å². The summed E-state index contributed by atoms with van der Waals surface area (Å²) >= 11 is 3.02. The molecule has 190 valence electrons. The number of piperidine rings is 1. The van der Waals surface area contributed by atoms with E-state index in [0.29, 0.717) is 43.4 Å². The zero-order valence-corrected chi connectivity index (χ0v) is 22.6. The molecule has 1 aromatic carbocycles. The first-order valence-electron chi connectivity index (χ1n) is 12.1. The third kappa shape index (κ3) is 4.71. The Morgan fingerprint density at radius 1 is 0.944 bits per heavy atom. The molecule has 5 rings (SSSR count). The Kier molecular flexibility index (Phi) is 6.98. The third-order valence-corrected chi connectivity index (χ3v) is 9.04. The number of aromatic nitrogens is 2. The maximum atomic E-state index is 13.3. The van der Waals surface area contributed by atoms with Crippen LogP contribution in [0.1, 0.15) is 65.8 Å². The molecular formula is C26H30N4O4S2. The normalized spacial score (nSPS) is 16.1. The molecule has 2 amide bonds. The second-order valence-corrected chi connectivity index (χ2v) is 11.3. The zero-order chi connectivity index (χ0) is 25.4. The molecule has 0 bridgehead atoms. The molecule has 4 heterocycles. The number of benzene rings is 1. The molecule has 8 nitrogen and oxygen atoms in total. The van der Waals surface area contributed by atoms with E-state index in [1.54, 1.807) is 25.6 Å². The fourth-order valence-electron chi connectivity index (χ4n) is 4.99. The summed E-state index contributed by atoms with van der Waals surface area (Å²) in [5.74, 6) is 1.69. The molecule has 3 aromatic rings. The summed E-state index contributed by atoms with van der Waals surface area (Å²) in [6.45, 7) is 6.38. The van der Waals surface area contributed by atoms with E-state index in [4.69, 9.17) is 14.5 Å². The predicted molar refractivity (Wildman–Crippen MR) is 140 cm³/mol. The van der Waals surface area contributed by atoms with Crippen LogP contribution in [0.4, 0.5) is 0 Å².